The monoisotopic (exact) mass is 1040 g/mol. The first-order valence-corrected chi connectivity index (χ1v) is 30.5. The molecule has 416 valence electrons. The van der Waals surface area contributed by atoms with Gasteiger partial charge in [0.25, 0.3) is 0 Å². The number of phosphoric ester groups is 1. The van der Waals surface area contributed by atoms with Crippen LogP contribution in [-0.4, -0.2) is 49.3 Å². The molecule has 0 aromatic carbocycles. The molecule has 0 heterocycles. The smallest absolute Gasteiger partial charge is 0.462 e. The summed E-state index contributed by atoms with van der Waals surface area (Å²) in [6.45, 7) is 3.57. The zero-order chi connectivity index (χ0) is 53.1. The normalized spacial score (nSPS) is 14.0. The minimum absolute atomic E-state index is 0.0461. The molecule has 0 amide bonds. The van der Waals surface area contributed by atoms with Crippen LogP contribution in [0.1, 0.15) is 232 Å². The zero-order valence-electron chi connectivity index (χ0n) is 46.3. The van der Waals surface area contributed by atoms with E-state index >= 15 is 0 Å². The predicted octanol–water partition coefficient (Wildman–Crippen LogP) is 18.4. The first kappa shape index (κ1) is 69.4. The molecule has 0 aliphatic carbocycles. The molecule has 0 aliphatic heterocycles. The number of esters is 2. The molecule has 0 rings (SSSR count). The van der Waals surface area contributed by atoms with Gasteiger partial charge in [-0.2, -0.15) is 0 Å². The topological polar surface area (TPSA) is 134 Å². The Morgan fingerprint density at radius 3 is 1.12 bits per heavy atom. The van der Waals surface area contributed by atoms with Gasteiger partial charge in [-0.25, -0.2) is 4.57 Å². The lowest BCUT2D eigenvalue weighted by molar-refractivity contribution is -0.161. The highest BCUT2D eigenvalue weighted by Crippen LogP contribution is 2.43. The number of nitrogens with two attached hydrogens (primary N) is 1. The molecule has 9 nitrogen and oxygen atoms in total. The van der Waals surface area contributed by atoms with E-state index in [1.54, 1.807) is 0 Å². The van der Waals surface area contributed by atoms with Crippen LogP contribution in [-0.2, 0) is 32.7 Å². The van der Waals surface area contributed by atoms with Gasteiger partial charge < -0.3 is 20.1 Å². The maximum atomic E-state index is 12.7. The van der Waals surface area contributed by atoms with Crippen molar-refractivity contribution < 1.29 is 37.6 Å². The van der Waals surface area contributed by atoms with E-state index < -0.39 is 32.5 Å². The standard InChI is InChI=1S/C63H106NO8P/c1-3-5-7-9-11-13-15-17-19-20-21-22-23-24-25-26-27-28-29-30-31-32-33-34-35-36-37-38-39-40-42-44-46-48-50-52-54-56-63(66)72-61(60-71-73(67,68)70-58-57-64)59-69-62(65)55-53-51-49-47-45-43-41-18-16-14-12-10-8-6-4-2/h5,7,11-14,17-19,21-22,24-25,27-28,30-31,33-34,41,61H,3-4,6,8-10,15-16,20,23,26,29,32,35-40,42-60,64H2,1-2H3,(H,67,68)/b7-5-,13-11-,14-12-,19-17-,22-21-,25-24-,28-27-,31-30-,34-33-,41-18-. The Morgan fingerprint density at radius 1 is 0.425 bits per heavy atom. The minimum Gasteiger partial charge on any atom is -0.462 e. The Kier molecular flexibility index (Phi) is 54.8. The van der Waals surface area contributed by atoms with Gasteiger partial charge in [-0.15, -0.1) is 0 Å². The molecule has 0 radical (unpaired) electrons. The lowest BCUT2D eigenvalue weighted by Crippen LogP contribution is -2.29. The van der Waals surface area contributed by atoms with E-state index in [4.69, 9.17) is 24.3 Å². The Balaban J connectivity index is 3.96. The van der Waals surface area contributed by atoms with E-state index in [1.807, 2.05) is 0 Å². The van der Waals surface area contributed by atoms with Gasteiger partial charge in [0.15, 0.2) is 6.10 Å². The van der Waals surface area contributed by atoms with E-state index in [0.717, 1.165) is 109 Å². The third kappa shape index (κ3) is 57.5. The van der Waals surface area contributed by atoms with E-state index in [2.05, 4.69) is 135 Å². The summed E-state index contributed by atoms with van der Waals surface area (Å²) >= 11 is 0. The Labute approximate surface area is 447 Å². The molecule has 2 unspecified atom stereocenters. The molecule has 0 aliphatic rings. The van der Waals surface area contributed by atoms with Crippen molar-refractivity contribution in [2.45, 2.75) is 238 Å². The van der Waals surface area contributed by atoms with Gasteiger partial charge >= 0.3 is 19.8 Å². The van der Waals surface area contributed by atoms with E-state index in [-0.39, 0.29) is 32.6 Å². The predicted molar refractivity (Wildman–Crippen MR) is 311 cm³/mol. The first-order valence-electron chi connectivity index (χ1n) is 29.0. The van der Waals surface area contributed by atoms with Crippen LogP contribution in [0.2, 0.25) is 0 Å². The van der Waals surface area contributed by atoms with E-state index in [1.165, 1.54) is 83.5 Å². The second-order valence-corrected chi connectivity index (χ2v) is 20.2. The van der Waals surface area contributed by atoms with Crippen molar-refractivity contribution in [3.63, 3.8) is 0 Å². The molecule has 73 heavy (non-hydrogen) atoms. The maximum Gasteiger partial charge on any atom is 0.472 e. The van der Waals surface area contributed by atoms with Crippen molar-refractivity contribution >= 4 is 19.8 Å². The SMILES string of the molecule is CC/C=C\C/C=C\C/C=C\C/C=C\C/C=C\C/C=C\C/C=C\C/C=C\CCCCCCCCCCCCCCC(=O)OC(COC(=O)CCCCCCC/C=C\C/C=C\CCCCC)COP(=O)(O)OCCN. The molecule has 0 spiro atoms. The highest BCUT2D eigenvalue weighted by Gasteiger charge is 2.26. The fourth-order valence-corrected chi connectivity index (χ4v) is 8.33. The molecule has 3 N–H and O–H groups in total. The number of carbonyl (C=O) groups is 2. The van der Waals surface area contributed by atoms with E-state index in [0.29, 0.717) is 12.8 Å². The summed E-state index contributed by atoms with van der Waals surface area (Å²) in [6, 6.07) is 0. The summed E-state index contributed by atoms with van der Waals surface area (Å²) in [5.41, 5.74) is 5.37. The third-order valence-electron chi connectivity index (χ3n) is 11.8. The van der Waals surface area contributed by atoms with Crippen molar-refractivity contribution in [2.24, 2.45) is 5.73 Å². The summed E-state index contributed by atoms with van der Waals surface area (Å²) in [5, 5.41) is 0. The van der Waals surface area contributed by atoms with Crippen LogP contribution in [0.3, 0.4) is 0 Å². The Hall–Kier alpha value is -3.59. The van der Waals surface area contributed by atoms with Crippen molar-refractivity contribution in [2.75, 3.05) is 26.4 Å². The minimum atomic E-state index is -4.40. The van der Waals surface area contributed by atoms with Crippen molar-refractivity contribution in [3.8, 4) is 0 Å². The fourth-order valence-electron chi connectivity index (χ4n) is 7.56. The zero-order valence-corrected chi connectivity index (χ0v) is 47.2. The third-order valence-corrected chi connectivity index (χ3v) is 12.8. The number of hydrogen-bond acceptors (Lipinski definition) is 8. The highest BCUT2D eigenvalue weighted by atomic mass is 31.2. The van der Waals surface area contributed by atoms with Crippen LogP contribution in [0.25, 0.3) is 0 Å². The molecule has 0 aromatic heterocycles. The van der Waals surface area contributed by atoms with Gasteiger partial charge in [0, 0.05) is 19.4 Å². The average molecular weight is 1040 g/mol. The Bertz CT molecular complexity index is 1600. The lowest BCUT2D eigenvalue weighted by Gasteiger charge is -2.19. The van der Waals surface area contributed by atoms with Gasteiger partial charge in [0.05, 0.1) is 13.2 Å². The van der Waals surface area contributed by atoms with Crippen LogP contribution < -0.4 is 5.73 Å². The molecule has 0 aromatic rings. The molecule has 0 fully saturated rings. The van der Waals surface area contributed by atoms with Crippen molar-refractivity contribution in [3.05, 3.63) is 122 Å². The number of hydrogen-bond donors (Lipinski definition) is 2. The first-order chi connectivity index (χ1) is 35.8. The van der Waals surface area contributed by atoms with Gasteiger partial charge in [-0.05, 0) is 109 Å². The van der Waals surface area contributed by atoms with E-state index in [9.17, 15) is 19.0 Å². The summed E-state index contributed by atoms with van der Waals surface area (Å²) in [6.07, 6.45) is 79.7. The lowest BCUT2D eigenvalue weighted by atomic mass is 10.0. The second-order valence-electron chi connectivity index (χ2n) is 18.8. The number of carbonyl (C=O) groups excluding carboxylic acids is 2. The molecular weight excluding hydrogens is 930 g/mol. The number of rotatable bonds is 53. The van der Waals surface area contributed by atoms with Gasteiger partial charge in [0.1, 0.15) is 6.61 Å². The highest BCUT2D eigenvalue weighted by molar-refractivity contribution is 7.47. The Morgan fingerprint density at radius 2 is 0.753 bits per heavy atom. The molecule has 0 saturated heterocycles. The van der Waals surface area contributed by atoms with Crippen molar-refractivity contribution in [1.82, 2.24) is 0 Å². The second kappa shape index (κ2) is 57.7. The molecule has 0 bridgehead atoms. The molecular formula is C63H106NO8P. The quantitative estimate of drug-likeness (QED) is 0.0264. The van der Waals surface area contributed by atoms with Gasteiger partial charge in [-0.3, -0.25) is 18.6 Å². The van der Waals surface area contributed by atoms with Gasteiger partial charge in [0.2, 0.25) is 0 Å². The van der Waals surface area contributed by atoms with Gasteiger partial charge in [-0.1, -0.05) is 232 Å². The van der Waals surface area contributed by atoms with Crippen LogP contribution in [0.5, 0.6) is 0 Å². The number of ether oxygens (including phenoxy) is 2. The van der Waals surface area contributed by atoms with Crippen molar-refractivity contribution in [1.29, 1.82) is 0 Å². The van der Waals surface area contributed by atoms with Crippen LogP contribution >= 0.6 is 7.82 Å². The van der Waals surface area contributed by atoms with Crippen LogP contribution in [0.4, 0.5) is 0 Å². The van der Waals surface area contributed by atoms with Crippen LogP contribution in [0, 0.1) is 0 Å². The summed E-state index contributed by atoms with van der Waals surface area (Å²) < 4.78 is 33.0. The largest absolute Gasteiger partial charge is 0.472 e. The number of allylic oxidation sites excluding steroid dienone is 20. The summed E-state index contributed by atoms with van der Waals surface area (Å²) in [4.78, 5) is 35.1. The summed E-state index contributed by atoms with van der Waals surface area (Å²) in [5.74, 6) is -0.851. The maximum absolute atomic E-state index is 12.7. The number of unbranched alkanes of at least 4 members (excludes halogenated alkanes) is 20. The molecule has 0 saturated carbocycles. The van der Waals surface area contributed by atoms with Crippen LogP contribution in [0.15, 0.2) is 122 Å². The fraction of sp³-hybridized carbons (Fsp3) is 0.651. The molecule has 10 heteroatoms. The molecule has 2 atom stereocenters. The summed E-state index contributed by atoms with van der Waals surface area (Å²) in [7, 11) is -4.40. The average Bonchev–Trinajstić information content (AvgIpc) is 3.38. The number of phosphoric acid groups is 1.